The van der Waals surface area contributed by atoms with Gasteiger partial charge >= 0.3 is 213 Å². The molecule has 0 bridgehead atoms. The topological polar surface area (TPSA) is 0 Å². The molecular formula is C32H29I2SiZr. The van der Waals surface area contributed by atoms with E-state index in [9.17, 15) is 0 Å². The van der Waals surface area contributed by atoms with Crippen molar-refractivity contribution in [3.05, 3.63) is 143 Å². The Morgan fingerprint density at radius 3 is 1.25 bits per heavy atom. The normalized spacial score (nSPS) is 17.3. The zero-order chi connectivity index (χ0) is 23.1. The molecule has 0 aromatic heterocycles. The molecule has 2 aliphatic rings. The van der Waals surface area contributed by atoms with Gasteiger partial charge in [-0.2, -0.15) is 0 Å². The van der Waals surface area contributed by atoms with Gasteiger partial charge in [0, 0.05) is 0 Å². The summed E-state index contributed by atoms with van der Waals surface area (Å²) in [6.45, 7) is 5.28. The summed E-state index contributed by atoms with van der Waals surface area (Å²) in [5, 5.41) is 0. The average molecular weight is 787 g/mol. The summed E-state index contributed by atoms with van der Waals surface area (Å²) in [5.74, 6) is -0.918. The summed E-state index contributed by atoms with van der Waals surface area (Å²) in [6, 6.07) is 40.8. The number of fused-ring (bicyclic) bond motifs is 2. The van der Waals surface area contributed by atoms with Gasteiger partial charge < -0.3 is 48.0 Å². The number of halogens is 2. The van der Waals surface area contributed by atoms with E-state index >= 15 is 0 Å². The molecule has 0 saturated heterocycles. The van der Waals surface area contributed by atoms with Gasteiger partial charge in [0.25, 0.3) is 0 Å². The van der Waals surface area contributed by atoms with Crippen molar-refractivity contribution in [1.82, 2.24) is 0 Å². The molecular weight excluding hydrogens is 757 g/mol. The quantitative estimate of drug-likeness (QED) is 0.215. The average Bonchev–Trinajstić information content (AvgIpc) is 3.45. The summed E-state index contributed by atoms with van der Waals surface area (Å²) in [6.07, 6.45) is 5.03. The van der Waals surface area contributed by atoms with Crippen LogP contribution in [0.15, 0.2) is 109 Å². The smallest absolute Gasteiger partial charge is 1.00 e. The first-order valence-corrected chi connectivity index (χ1v) is 22.3. The van der Waals surface area contributed by atoms with Gasteiger partial charge in [-0.25, -0.2) is 0 Å². The van der Waals surface area contributed by atoms with Gasteiger partial charge in [0.15, 0.2) is 0 Å². The Kier molecular flexibility index (Phi) is 9.46. The fraction of sp³-hybridized carbons (Fsp3) is 0.125. The van der Waals surface area contributed by atoms with E-state index in [0.717, 1.165) is 0 Å². The fourth-order valence-electron chi connectivity index (χ4n) is 5.96. The van der Waals surface area contributed by atoms with Gasteiger partial charge in [-0.1, -0.05) is 0 Å². The Hall–Kier alpha value is -1.08. The van der Waals surface area contributed by atoms with Gasteiger partial charge in [0.2, 0.25) is 0 Å². The van der Waals surface area contributed by atoms with Crippen LogP contribution in [0.5, 0.6) is 0 Å². The Balaban J connectivity index is 0.00000152. The molecule has 0 fully saturated rings. The van der Waals surface area contributed by atoms with Crippen LogP contribution in [0.1, 0.15) is 40.6 Å². The standard InChI is InChI=1S/2C15H11.C2H7Si.2HI.Zr/c2*1-2-6-12(7-3-1)15-10-13-8-4-5-9-14(13)11-15;1-3-2;;;/h2*1-11H;3H,1-2H3;2*1H;/q;;;;;+2/p-2. The predicted molar refractivity (Wildman–Crippen MR) is 146 cm³/mol. The monoisotopic (exact) mass is 785 g/mol. The Morgan fingerprint density at radius 2 is 0.861 bits per heavy atom. The van der Waals surface area contributed by atoms with Crippen LogP contribution in [0.4, 0.5) is 0 Å². The predicted octanol–water partition coefficient (Wildman–Crippen LogP) is 2.19. The van der Waals surface area contributed by atoms with E-state index in [1.807, 2.05) is 0 Å². The number of benzene rings is 4. The van der Waals surface area contributed by atoms with Crippen molar-refractivity contribution >= 4 is 29.2 Å². The minimum Gasteiger partial charge on any atom is -1.00 e. The van der Waals surface area contributed by atoms with E-state index in [4.69, 9.17) is 0 Å². The van der Waals surface area contributed by atoms with Crippen LogP contribution >= 0.6 is 0 Å². The third kappa shape index (κ3) is 5.12. The zero-order valence-corrected chi connectivity index (χ0v) is 28.5. The van der Waals surface area contributed by atoms with E-state index in [1.165, 1.54) is 22.3 Å². The van der Waals surface area contributed by atoms with Gasteiger partial charge in [0.1, 0.15) is 0 Å². The largest absolute Gasteiger partial charge is 1.00 e. The van der Waals surface area contributed by atoms with Crippen LogP contribution in [-0.4, -0.2) is 5.92 Å². The van der Waals surface area contributed by atoms with Crippen LogP contribution in [0, 0.1) is 0 Å². The van der Waals surface area contributed by atoms with Crippen molar-refractivity contribution in [2.75, 3.05) is 0 Å². The SMILES string of the molecule is C[SiH](C)[Zr+2]([CH]1C(c2ccccc2)=Cc2ccccc21)[CH]1C(c2ccccc2)=Cc2ccccc21.[I-].[I-]. The van der Waals surface area contributed by atoms with Gasteiger partial charge in [-0.15, -0.1) is 0 Å². The van der Waals surface area contributed by atoms with Crippen LogP contribution < -0.4 is 48.0 Å². The fourth-order valence-corrected chi connectivity index (χ4v) is 28.2. The molecule has 4 aromatic rings. The van der Waals surface area contributed by atoms with Crippen LogP contribution in [0.2, 0.25) is 13.1 Å². The second-order valence-corrected chi connectivity index (χ2v) is 29.8. The maximum absolute atomic E-state index is 2.64. The van der Waals surface area contributed by atoms with Crippen molar-refractivity contribution in [2.24, 2.45) is 0 Å². The molecule has 0 saturated carbocycles. The van der Waals surface area contributed by atoms with E-state index in [1.54, 1.807) is 22.3 Å². The second kappa shape index (κ2) is 12.2. The van der Waals surface area contributed by atoms with E-state index in [0.29, 0.717) is 7.25 Å². The van der Waals surface area contributed by atoms with Crippen LogP contribution in [0.25, 0.3) is 23.3 Å². The molecule has 0 nitrogen and oxygen atoms in total. The Labute approximate surface area is 258 Å². The van der Waals surface area contributed by atoms with Crippen LogP contribution in [0.3, 0.4) is 0 Å². The minimum atomic E-state index is -2.14. The maximum Gasteiger partial charge on any atom is -1.00 e. The molecule has 0 spiro atoms. The summed E-state index contributed by atoms with van der Waals surface area (Å²) >= 11 is -2.14. The van der Waals surface area contributed by atoms with Crippen molar-refractivity contribution in [2.45, 2.75) is 20.3 Å². The maximum atomic E-state index is 2.64. The molecule has 4 heteroatoms. The summed E-state index contributed by atoms with van der Waals surface area (Å²) in [5.41, 5.74) is 12.0. The first-order valence-electron chi connectivity index (χ1n) is 12.3. The molecule has 0 N–H and O–H groups in total. The van der Waals surface area contributed by atoms with E-state index < -0.39 is 26.8 Å². The van der Waals surface area contributed by atoms with E-state index in [2.05, 4.69) is 134 Å². The second-order valence-electron chi connectivity index (χ2n) is 9.71. The van der Waals surface area contributed by atoms with Crippen molar-refractivity contribution in [3.63, 3.8) is 0 Å². The summed E-state index contributed by atoms with van der Waals surface area (Å²) in [4.78, 5) is 0. The van der Waals surface area contributed by atoms with Gasteiger partial charge in [-0.05, 0) is 0 Å². The number of hydrogen-bond acceptors (Lipinski definition) is 0. The molecule has 6 rings (SSSR count). The third-order valence-corrected chi connectivity index (χ3v) is 28.9. The van der Waals surface area contributed by atoms with Crippen molar-refractivity contribution in [3.8, 4) is 0 Å². The van der Waals surface area contributed by atoms with E-state index in [-0.39, 0.29) is 48.0 Å². The molecule has 0 amide bonds. The van der Waals surface area contributed by atoms with Crippen molar-refractivity contribution in [1.29, 1.82) is 0 Å². The number of allylic oxidation sites excluding steroid dienone is 2. The summed E-state index contributed by atoms with van der Waals surface area (Å²) < 4.78 is 1.21. The minimum absolute atomic E-state index is 0. The van der Waals surface area contributed by atoms with Gasteiger partial charge in [-0.3, -0.25) is 0 Å². The Morgan fingerprint density at radius 1 is 0.500 bits per heavy atom. The van der Waals surface area contributed by atoms with Gasteiger partial charge in [0.05, 0.1) is 0 Å². The molecule has 0 heterocycles. The molecule has 4 aromatic carbocycles. The zero-order valence-electron chi connectivity index (χ0n) is 20.5. The molecule has 0 radical (unpaired) electrons. The molecule has 2 aliphatic carbocycles. The molecule has 2 atom stereocenters. The number of rotatable bonds is 5. The first kappa shape index (κ1) is 27.9. The molecule has 36 heavy (non-hydrogen) atoms. The summed E-state index contributed by atoms with van der Waals surface area (Å²) in [7, 11) is 0. The number of hydrogen-bond donors (Lipinski definition) is 0. The molecule has 2 unspecified atom stereocenters. The first-order chi connectivity index (χ1) is 16.7. The van der Waals surface area contributed by atoms with Crippen molar-refractivity contribution < 1.29 is 68.9 Å². The Bertz CT molecular complexity index is 1290. The molecule has 0 aliphatic heterocycles. The molecule has 179 valence electrons. The third-order valence-electron chi connectivity index (χ3n) is 7.41. The van der Waals surface area contributed by atoms with Crippen LogP contribution in [-0.2, 0) is 20.9 Å².